The van der Waals surface area contributed by atoms with Crippen LogP contribution in [0.15, 0.2) is 24.3 Å². The molecule has 2 aliphatic rings. The quantitative estimate of drug-likeness (QED) is 0.817. The van der Waals surface area contributed by atoms with Gasteiger partial charge >= 0.3 is 0 Å². The van der Waals surface area contributed by atoms with Crippen LogP contribution in [0, 0.1) is 6.92 Å². The molecule has 2 aromatic rings. The van der Waals surface area contributed by atoms with Gasteiger partial charge in [-0.05, 0) is 48.4 Å². The van der Waals surface area contributed by atoms with Crippen molar-refractivity contribution < 1.29 is 9.59 Å². The van der Waals surface area contributed by atoms with Gasteiger partial charge in [0.15, 0.2) is 5.82 Å². The summed E-state index contributed by atoms with van der Waals surface area (Å²) in [4.78, 5) is 27.3. The van der Waals surface area contributed by atoms with E-state index in [1.807, 2.05) is 17.0 Å². The Labute approximate surface area is 164 Å². The lowest BCUT2D eigenvalue weighted by Crippen LogP contribution is -2.40. The van der Waals surface area contributed by atoms with Gasteiger partial charge in [0.1, 0.15) is 0 Å². The minimum absolute atomic E-state index is 0.137. The van der Waals surface area contributed by atoms with Gasteiger partial charge in [0.25, 0.3) is 5.91 Å². The lowest BCUT2D eigenvalue weighted by molar-refractivity contribution is -0.129. The van der Waals surface area contributed by atoms with E-state index >= 15 is 0 Å². The number of amides is 2. The van der Waals surface area contributed by atoms with Crippen molar-refractivity contribution in [3.63, 3.8) is 0 Å². The number of likely N-dealkylation sites (tertiary alicyclic amines) is 1. The van der Waals surface area contributed by atoms with E-state index < -0.39 is 0 Å². The molecule has 1 saturated carbocycles. The number of benzene rings is 1. The van der Waals surface area contributed by atoms with Gasteiger partial charge in [0.2, 0.25) is 5.91 Å². The zero-order chi connectivity index (χ0) is 19.5. The van der Waals surface area contributed by atoms with E-state index in [4.69, 9.17) is 0 Å². The highest BCUT2D eigenvalue weighted by Gasteiger charge is 2.35. The second-order valence-corrected chi connectivity index (χ2v) is 7.75. The Morgan fingerprint density at radius 1 is 1.18 bits per heavy atom. The van der Waals surface area contributed by atoms with Gasteiger partial charge in [-0.3, -0.25) is 9.59 Å². The SMILES string of the molecule is Cc1nnnn1-c1cccc(C(=O)N[C@@H]2CC(=O)N(C3CCCCCC3)C2)c1. The zero-order valence-electron chi connectivity index (χ0n) is 16.2. The molecule has 1 N–H and O–H groups in total. The van der Waals surface area contributed by atoms with E-state index in [1.54, 1.807) is 23.7 Å². The molecule has 4 rings (SSSR count). The number of aryl methyl sites for hydroxylation is 1. The van der Waals surface area contributed by atoms with Crippen LogP contribution >= 0.6 is 0 Å². The molecule has 0 bridgehead atoms. The van der Waals surface area contributed by atoms with Gasteiger partial charge < -0.3 is 10.2 Å². The van der Waals surface area contributed by atoms with E-state index in [9.17, 15) is 9.59 Å². The van der Waals surface area contributed by atoms with Gasteiger partial charge in [-0.1, -0.05) is 31.7 Å². The summed E-state index contributed by atoms with van der Waals surface area (Å²) in [6.07, 6.45) is 7.45. The van der Waals surface area contributed by atoms with E-state index in [2.05, 4.69) is 20.8 Å². The fourth-order valence-corrected chi connectivity index (χ4v) is 4.27. The number of aromatic nitrogens is 4. The van der Waals surface area contributed by atoms with Crippen molar-refractivity contribution in [1.29, 1.82) is 0 Å². The second-order valence-electron chi connectivity index (χ2n) is 7.75. The summed E-state index contributed by atoms with van der Waals surface area (Å²) in [5.41, 5.74) is 1.27. The maximum atomic E-state index is 12.8. The van der Waals surface area contributed by atoms with Gasteiger partial charge in [0, 0.05) is 24.6 Å². The van der Waals surface area contributed by atoms with Crippen LogP contribution in [0.25, 0.3) is 5.69 Å². The van der Waals surface area contributed by atoms with Crippen molar-refractivity contribution in [1.82, 2.24) is 30.4 Å². The predicted molar refractivity (Wildman–Crippen MR) is 103 cm³/mol. The average Bonchev–Trinajstić information content (AvgIpc) is 3.17. The van der Waals surface area contributed by atoms with Crippen molar-refractivity contribution in [2.45, 2.75) is 64.0 Å². The Morgan fingerprint density at radius 3 is 2.68 bits per heavy atom. The molecule has 1 atom stereocenters. The molecule has 0 radical (unpaired) electrons. The molecule has 28 heavy (non-hydrogen) atoms. The van der Waals surface area contributed by atoms with Crippen LogP contribution in [0.1, 0.15) is 61.1 Å². The Kier molecular flexibility index (Phi) is 5.36. The molecule has 8 nitrogen and oxygen atoms in total. The minimum Gasteiger partial charge on any atom is -0.347 e. The summed E-state index contributed by atoms with van der Waals surface area (Å²) in [7, 11) is 0. The minimum atomic E-state index is -0.173. The Morgan fingerprint density at radius 2 is 1.96 bits per heavy atom. The summed E-state index contributed by atoms with van der Waals surface area (Å²) >= 11 is 0. The molecule has 1 saturated heterocycles. The van der Waals surface area contributed by atoms with Gasteiger partial charge in [-0.15, -0.1) is 5.10 Å². The largest absolute Gasteiger partial charge is 0.347 e. The lowest BCUT2D eigenvalue weighted by Gasteiger charge is -2.27. The molecular formula is C20H26N6O2. The molecule has 8 heteroatoms. The fourth-order valence-electron chi connectivity index (χ4n) is 4.27. The summed E-state index contributed by atoms with van der Waals surface area (Å²) in [6, 6.07) is 7.39. The normalized spacial score (nSPS) is 21.0. The molecule has 0 spiro atoms. The molecular weight excluding hydrogens is 356 g/mol. The summed E-state index contributed by atoms with van der Waals surface area (Å²) in [5.74, 6) is 0.640. The molecule has 1 aliphatic carbocycles. The Bertz CT molecular complexity index is 856. The monoisotopic (exact) mass is 382 g/mol. The maximum Gasteiger partial charge on any atom is 0.251 e. The Balaban J connectivity index is 1.41. The third-order valence-electron chi connectivity index (χ3n) is 5.74. The highest BCUT2D eigenvalue weighted by atomic mass is 16.2. The summed E-state index contributed by atoms with van der Waals surface area (Å²) in [6.45, 7) is 2.42. The fraction of sp³-hybridized carbons (Fsp3) is 0.550. The molecule has 1 aliphatic heterocycles. The van der Waals surface area contributed by atoms with E-state index in [0.29, 0.717) is 30.4 Å². The number of nitrogens with zero attached hydrogens (tertiary/aromatic N) is 5. The third kappa shape index (κ3) is 3.90. The van der Waals surface area contributed by atoms with E-state index in [1.165, 1.54) is 25.7 Å². The molecule has 0 unspecified atom stereocenters. The zero-order valence-corrected chi connectivity index (χ0v) is 16.2. The highest BCUT2D eigenvalue weighted by Crippen LogP contribution is 2.26. The van der Waals surface area contributed by atoms with Crippen molar-refractivity contribution in [3.8, 4) is 5.69 Å². The van der Waals surface area contributed by atoms with Gasteiger partial charge in [-0.2, -0.15) is 4.68 Å². The molecule has 1 aromatic heterocycles. The van der Waals surface area contributed by atoms with Crippen LogP contribution < -0.4 is 5.32 Å². The third-order valence-corrected chi connectivity index (χ3v) is 5.74. The van der Waals surface area contributed by atoms with Crippen LogP contribution in [-0.2, 0) is 4.79 Å². The first-order chi connectivity index (χ1) is 13.6. The van der Waals surface area contributed by atoms with Crippen molar-refractivity contribution in [3.05, 3.63) is 35.7 Å². The standard InChI is InChI=1S/C20H26N6O2/c1-14-22-23-24-26(14)18-10-6-7-15(11-18)20(28)21-16-12-19(27)25(13-16)17-8-4-2-3-5-9-17/h6-7,10-11,16-17H,2-5,8-9,12-13H2,1H3,(H,21,28)/t16-/m1/s1. The predicted octanol–water partition coefficient (Wildman–Crippen LogP) is 2.02. The average molecular weight is 382 g/mol. The van der Waals surface area contributed by atoms with Crippen molar-refractivity contribution in [2.75, 3.05) is 6.54 Å². The molecule has 148 valence electrons. The van der Waals surface area contributed by atoms with Gasteiger partial charge in [0.05, 0.1) is 11.7 Å². The molecule has 2 fully saturated rings. The molecule has 1 aromatic carbocycles. The molecule has 2 amide bonds. The smallest absolute Gasteiger partial charge is 0.251 e. The summed E-state index contributed by atoms with van der Waals surface area (Å²) in [5, 5.41) is 14.5. The number of hydrogen-bond acceptors (Lipinski definition) is 5. The number of hydrogen-bond donors (Lipinski definition) is 1. The van der Waals surface area contributed by atoms with Gasteiger partial charge in [-0.25, -0.2) is 0 Å². The number of nitrogens with one attached hydrogen (secondary N) is 1. The van der Waals surface area contributed by atoms with Crippen molar-refractivity contribution in [2.24, 2.45) is 0 Å². The van der Waals surface area contributed by atoms with Crippen LogP contribution in [-0.4, -0.2) is 55.5 Å². The number of rotatable bonds is 4. The molecule has 2 heterocycles. The first-order valence-corrected chi connectivity index (χ1v) is 10.1. The topological polar surface area (TPSA) is 93.0 Å². The van der Waals surface area contributed by atoms with E-state index in [0.717, 1.165) is 18.5 Å². The van der Waals surface area contributed by atoms with Crippen molar-refractivity contribution >= 4 is 11.8 Å². The highest BCUT2D eigenvalue weighted by molar-refractivity contribution is 5.95. The number of carbonyl (C=O) groups excluding carboxylic acids is 2. The number of carbonyl (C=O) groups is 2. The Hall–Kier alpha value is -2.77. The number of tetrazole rings is 1. The summed E-state index contributed by atoms with van der Waals surface area (Å²) < 4.78 is 1.59. The van der Waals surface area contributed by atoms with E-state index in [-0.39, 0.29) is 17.9 Å². The van der Waals surface area contributed by atoms with Crippen LogP contribution in [0.3, 0.4) is 0 Å². The van der Waals surface area contributed by atoms with Crippen LogP contribution in [0.5, 0.6) is 0 Å². The second kappa shape index (κ2) is 8.08. The first-order valence-electron chi connectivity index (χ1n) is 10.1. The lowest BCUT2D eigenvalue weighted by atomic mass is 10.1. The maximum absolute atomic E-state index is 12.8. The van der Waals surface area contributed by atoms with Crippen LogP contribution in [0.4, 0.5) is 0 Å². The first kappa shape index (κ1) is 18.6. The van der Waals surface area contributed by atoms with Crippen LogP contribution in [0.2, 0.25) is 0 Å².